The molecule has 0 fully saturated rings. The molecule has 0 aliphatic carbocycles. The minimum Gasteiger partial charge on any atom is -0.147 e. The molecule has 0 radical (unpaired) electrons. The molecule has 1 heterocycles. The van der Waals surface area contributed by atoms with Gasteiger partial charge in [-0.2, -0.15) is 0 Å². The van der Waals surface area contributed by atoms with Gasteiger partial charge in [-0.15, -0.1) is 25.6 Å². The van der Waals surface area contributed by atoms with Crippen molar-refractivity contribution in [1.82, 2.24) is 0 Å². The smallest absolute Gasteiger partial charge is 0.147 e. The van der Waals surface area contributed by atoms with Gasteiger partial charge in [0.25, 0.3) is 0 Å². The Morgan fingerprint density at radius 2 is 1.81 bits per heavy atom. The highest BCUT2D eigenvalue weighted by Crippen LogP contribution is 2.50. The Labute approximate surface area is 104 Å². The molecule has 0 amide bonds. The van der Waals surface area contributed by atoms with Gasteiger partial charge in [0, 0.05) is 29.5 Å². The second-order valence-corrected chi connectivity index (χ2v) is 5.78. The number of alkyl halides is 3. The summed E-state index contributed by atoms with van der Waals surface area (Å²) in [5.41, 5.74) is -4.21. The Morgan fingerprint density at radius 3 is 2.38 bits per heavy atom. The second-order valence-electron chi connectivity index (χ2n) is 3.19. The van der Waals surface area contributed by atoms with Crippen LogP contribution < -0.4 is 0 Å². The lowest BCUT2D eigenvalue weighted by molar-refractivity contribution is -0.0867. The topological polar surface area (TPSA) is 0 Å². The van der Waals surface area contributed by atoms with Gasteiger partial charge in [-0.1, -0.05) is 11.6 Å². The third-order valence-corrected chi connectivity index (χ3v) is 4.36. The number of fused-ring (bicyclic) bond motifs is 1. The van der Waals surface area contributed by atoms with Crippen LogP contribution in [0.4, 0.5) is 13.2 Å². The van der Waals surface area contributed by atoms with Crippen molar-refractivity contribution < 1.29 is 13.2 Å². The largest absolute Gasteiger partial charge is 0.600 e. The number of benzene rings is 1. The maximum atomic E-state index is 12.7. The average molecular weight is 288 g/mol. The molecule has 0 spiro atoms. The van der Waals surface area contributed by atoms with Crippen molar-refractivity contribution in [2.24, 2.45) is 0 Å². The molecule has 0 saturated heterocycles. The van der Waals surface area contributed by atoms with Crippen molar-refractivity contribution in [3.05, 3.63) is 34.2 Å². The van der Waals surface area contributed by atoms with Gasteiger partial charge in [0.2, 0.25) is 0 Å². The first-order chi connectivity index (χ1) is 6.89. The molecule has 0 nitrogen and oxygen atoms in total. The van der Waals surface area contributed by atoms with Crippen molar-refractivity contribution in [3.8, 4) is 0 Å². The zero-order valence-corrected chi connectivity index (χ0v) is 10.5. The number of hydrogen-bond donors (Lipinski definition) is 0. The van der Waals surface area contributed by atoms with E-state index in [9.17, 15) is 13.2 Å². The third-order valence-electron chi connectivity index (χ3n) is 2.11. The van der Waals surface area contributed by atoms with Crippen LogP contribution in [0.5, 0.6) is 0 Å². The van der Waals surface area contributed by atoms with Crippen molar-refractivity contribution in [2.75, 3.05) is 0 Å². The summed E-state index contributed by atoms with van der Waals surface area (Å²) < 4.78 is 38.5. The lowest BCUT2D eigenvalue weighted by Gasteiger charge is -1.96. The summed E-state index contributed by atoms with van der Waals surface area (Å²) >= 11 is 5.70. The summed E-state index contributed by atoms with van der Waals surface area (Å²) in [6, 6.07) is 6.20. The summed E-state index contributed by atoms with van der Waals surface area (Å²) in [5.74, 6) is 0. The van der Waals surface area contributed by atoms with Crippen LogP contribution >= 0.6 is 34.5 Å². The van der Waals surface area contributed by atoms with E-state index in [0.29, 0.717) is 15.3 Å². The Bertz CT molecular complexity index is 516. The standard InChI is InChI=1S/C10H7ClF3S.ClH/c1-6-4-7-2-3-8(11)5-9(7)15(6)10(12,13)14;/h2-5H,1H3;1H/q+1;. The van der Waals surface area contributed by atoms with E-state index in [1.807, 2.05) is 0 Å². The van der Waals surface area contributed by atoms with E-state index in [-0.39, 0.29) is 17.1 Å². The quantitative estimate of drug-likeness (QED) is 0.565. The highest BCUT2D eigenvalue weighted by Gasteiger charge is 2.46. The molecule has 1 atom stereocenters. The van der Waals surface area contributed by atoms with Crippen LogP contribution in [-0.2, 0) is 5.51 Å². The summed E-state index contributed by atoms with van der Waals surface area (Å²) in [7, 11) is -1.80. The fraction of sp³-hybridized carbons (Fsp3) is 0.200. The Morgan fingerprint density at radius 1 is 1.19 bits per heavy atom. The van der Waals surface area contributed by atoms with Gasteiger partial charge < -0.3 is 0 Å². The minimum absolute atomic E-state index is 0. The van der Waals surface area contributed by atoms with Gasteiger partial charge in [-0.3, -0.25) is 0 Å². The molecule has 0 bridgehead atoms. The van der Waals surface area contributed by atoms with Gasteiger partial charge in [-0.25, -0.2) is 0 Å². The number of thiophene rings is 1. The van der Waals surface area contributed by atoms with Gasteiger partial charge in [0.15, 0.2) is 9.58 Å². The molecule has 0 aliphatic heterocycles. The van der Waals surface area contributed by atoms with E-state index in [0.717, 1.165) is 0 Å². The van der Waals surface area contributed by atoms with Crippen molar-refractivity contribution >= 4 is 44.6 Å². The van der Waals surface area contributed by atoms with Crippen molar-refractivity contribution in [2.45, 2.75) is 12.4 Å². The van der Waals surface area contributed by atoms with Gasteiger partial charge in [-0.05, 0) is 12.1 Å². The molecule has 0 aliphatic rings. The first kappa shape index (κ1) is 13.6. The first-order valence-electron chi connectivity index (χ1n) is 4.18. The molecule has 16 heavy (non-hydrogen) atoms. The van der Waals surface area contributed by atoms with Crippen LogP contribution in [0.3, 0.4) is 0 Å². The van der Waals surface area contributed by atoms with Crippen LogP contribution in [0.25, 0.3) is 10.1 Å². The van der Waals surface area contributed by atoms with Gasteiger partial charge in [0.1, 0.15) is 0 Å². The van der Waals surface area contributed by atoms with Crippen molar-refractivity contribution in [1.29, 1.82) is 0 Å². The predicted molar refractivity (Wildman–Crippen MR) is 64.7 cm³/mol. The molecule has 6 heteroatoms. The monoisotopic (exact) mass is 287 g/mol. The third kappa shape index (κ3) is 2.29. The Hall–Kier alpha value is -0.450. The molecule has 1 unspecified atom stereocenters. The molecule has 1 aromatic heterocycles. The van der Waals surface area contributed by atoms with E-state index in [1.165, 1.54) is 13.0 Å². The SMILES string of the molecule is Cc1cc2ccc(Cl)cc2[s+]1C(F)(F)F.Cl. The average Bonchev–Trinajstić information content (AvgIpc) is 2.38. The summed E-state index contributed by atoms with van der Waals surface area (Å²) in [4.78, 5) is 0.347. The number of hydrogen-bond acceptors (Lipinski definition) is 0. The van der Waals surface area contributed by atoms with Crippen molar-refractivity contribution in [3.63, 3.8) is 0 Å². The van der Waals surface area contributed by atoms with Gasteiger partial charge in [0.05, 0.1) is 10.5 Å². The van der Waals surface area contributed by atoms with E-state index >= 15 is 0 Å². The van der Waals surface area contributed by atoms with Gasteiger partial charge >= 0.3 is 5.51 Å². The molecule has 0 N–H and O–H groups in total. The zero-order chi connectivity index (χ0) is 11.2. The summed E-state index contributed by atoms with van der Waals surface area (Å²) in [6.07, 6.45) is 0. The van der Waals surface area contributed by atoms with Crippen LogP contribution in [0.15, 0.2) is 24.3 Å². The number of aryl methyl sites for hydroxylation is 1. The first-order valence-corrected chi connectivity index (χ1v) is 5.79. The van der Waals surface area contributed by atoms with E-state index in [1.54, 1.807) is 18.2 Å². The molecular weight excluding hydrogens is 280 g/mol. The fourth-order valence-electron chi connectivity index (χ4n) is 1.56. The number of halogens is 5. The van der Waals surface area contributed by atoms with Crippen LogP contribution in [0.1, 0.15) is 4.88 Å². The lowest BCUT2D eigenvalue weighted by Crippen LogP contribution is -1.96. The van der Waals surface area contributed by atoms with Crippen LogP contribution in [0, 0.1) is 6.92 Å². The van der Waals surface area contributed by atoms with Crippen LogP contribution in [-0.4, -0.2) is 0 Å². The molecule has 2 aromatic rings. The maximum Gasteiger partial charge on any atom is 0.600 e. The van der Waals surface area contributed by atoms with E-state index in [4.69, 9.17) is 11.6 Å². The minimum atomic E-state index is -4.21. The molecule has 1 aromatic carbocycles. The highest BCUT2D eigenvalue weighted by molar-refractivity contribution is 7.38. The maximum absolute atomic E-state index is 12.7. The fourth-order valence-corrected chi connectivity index (χ4v) is 3.61. The molecule has 0 saturated carbocycles. The van der Waals surface area contributed by atoms with Crippen LogP contribution in [0.2, 0.25) is 5.02 Å². The predicted octanol–water partition coefficient (Wildman–Crippen LogP) is 5.45. The second kappa shape index (κ2) is 4.43. The van der Waals surface area contributed by atoms with E-state index < -0.39 is 16.0 Å². The molecule has 2 rings (SSSR count). The summed E-state index contributed by atoms with van der Waals surface area (Å²) in [6.45, 7) is 1.50. The normalized spacial score (nSPS) is 12.7. The number of rotatable bonds is 0. The van der Waals surface area contributed by atoms with E-state index in [2.05, 4.69) is 0 Å². The molecule has 88 valence electrons. The zero-order valence-electron chi connectivity index (χ0n) is 8.14. The lowest BCUT2D eigenvalue weighted by atomic mass is 10.2. The Balaban J connectivity index is 0.00000128. The summed E-state index contributed by atoms with van der Waals surface area (Å²) in [5, 5.41) is 0.969. The Kier molecular flexibility index (Phi) is 3.77. The molecular formula is C10H8Cl2F3S+. The highest BCUT2D eigenvalue weighted by atomic mass is 35.5.